The number of ether oxygens (including phenoxy) is 1. The molecule has 0 bridgehead atoms. The van der Waals surface area contributed by atoms with Crippen molar-refractivity contribution in [2.45, 2.75) is 17.3 Å². The molecule has 0 aliphatic rings. The molecule has 0 radical (unpaired) electrons. The zero-order valence-corrected chi connectivity index (χ0v) is 13.0. The molecule has 0 aliphatic heterocycles. The van der Waals surface area contributed by atoms with E-state index < -0.39 is 9.84 Å². The molecule has 0 saturated carbocycles. The summed E-state index contributed by atoms with van der Waals surface area (Å²) in [5.41, 5.74) is 1.11. The average Bonchev–Trinajstić information content (AvgIpc) is 2.47. The van der Waals surface area contributed by atoms with Gasteiger partial charge in [0.25, 0.3) is 0 Å². The highest BCUT2D eigenvalue weighted by Crippen LogP contribution is 2.28. The summed E-state index contributed by atoms with van der Waals surface area (Å²) in [6.45, 7) is -0.164. The van der Waals surface area contributed by atoms with Crippen LogP contribution in [0.4, 0.5) is 0 Å². The smallest absolute Gasteiger partial charge is 0.184 e. The third-order valence-electron chi connectivity index (χ3n) is 3.04. The van der Waals surface area contributed by atoms with Crippen LogP contribution in [0.2, 0.25) is 5.02 Å². The highest BCUT2D eigenvalue weighted by atomic mass is 35.5. The Morgan fingerprint density at radius 1 is 1.19 bits per heavy atom. The van der Waals surface area contributed by atoms with Crippen molar-refractivity contribution in [1.82, 2.24) is 0 Å². The second-order valence-electron chi connectivity index (χ2n) is 4.49. The largest absolute Gasteiger partial charge is 0.496 e. The van der Waals surface area contributed by atoms with E-state index in [4.69, 9.17) is 16.3 Å². The van der Waals surface area contributed by atoms with Crippen LogP contribution < -0.4 is 4.74 Å². The molecule has 2 aromatic rings. The van der Waals surface area contributed by atoms with Gasteiger partial charge in [-0.3, -0.25) is 0 Å². The second-order valence-corrected chi connectivity index (χ2v) is 6.86. The molecule has 4 nitrogen and oxygen atoms in total. The zero-order chi connectivity index (χ0) is 15.5. The summed E-state index contributed by atoms with van der Waals surface area (Å²) in [6, 6.07) is 11.3. The van der Waals surface area contributed by atoms with Gasteiger partial charge >= 0.3 is 0 Å². The Hall–Kier alpha value is -1.56. The fourth-order valence-corrected chi connectivity index (χ4v) is 3.95. The maximum Gasteiger partial charge on any atom is 0.184 e. The topological polar surface area (TPSA) is 63.6 Å². The van der Waals surface area contributed by atoms with Crippen molar-refractivity contribution in [3.8, 4) is 5.75 Å². The highest BCUT2D eigenvalue weighted by molar-refractivity contribution is 7.90. The standard InChI is InChI=1S/C15H15ClO4S/c1-20-14-7-6-11(9-17)8-12(14)10-21(18,19)15-5-3-2-4-13(15)16/h2-8,17H,9-10H2,1H3. The van der Waals surface area contributed by atoms with E-state index in [1.807, 2.05) is 0 Å². The number of aliphatic hydroxyl groups excluding tert-OH is 1. The first-order chi connectivity index (χ1) is 9.97. The predicted molar refractivity (Wildman–Crippen MR) is 81.3 cm³/mol. The molecule has 0 unspecified atom stereocenters. The molecule has 0 saturated heterocycles. The van der Waals surface area contributed by atoms with Gasteiger partial charge in [0, 0.05) is 5.56 Å². The lowest BCUT2D eigenvalue weighted by atomic mass is 10.1. The number of rotatable bonds is 5. The molecule has 0 amide bonds. The van der Waals surface area contributed by atoms with Crippen LogP contribution in [-0.2, 0) is 22.2 Å². The SMILES string of the molecule is COc1ccc(CO)cc1CS(=O)(=O)c1ccccc1Cl. The number of halogens is 1. The van der Waals surface area contributed by atoms with E-state index in [1.54, 1.807) is 30.3 Å². The van der Waals surface area contributed by atoms with E-state index in [9.17, 15) is 13.5 Å². The van der Waals surface area contributed by atoms with E-state index in [-0.39, 0.29) is 22.3 Å². The number of hydrogen-bond donors (Lipinski definition) is 1. The molecular weight excluding hydrogens is 312 g/mol. The van der Waals surface area contributed by atoms with E-state index in [0.29, 0.717) is 16.9 Å². The Morgan fingerprint density at radius 3 is 2.52 bits per heavy atom. The minimum atomic E-state index is -3.60. The van der Waals surface area contributed by atoms with Crippen molar-refractivity contribution >= 4 is 21.4 Å². The minimum Gasteiger partial charge on any atom is -0.496 e. The van der Waals surface area contributed by atoms with Crippen molar-refractivity contribution in [1.29, 1.82) is 0 Å². The summed E-state index contributed by atoms with van der Waals surface area (Å²) in [7, 11) is -2.12. The molecule has 112 valence electrons. The summed E-state index contributed by atoms with van der Waals surface area (Å²) < 4.78 is 30.2. The van der Waals surface area contributed by atoms with Crippen molar-refractivity contribution < 1.29 is 18.3 Å². The van der Waals surface area contributed by atoms with Crippen LogP contribution in [-0.4, -0.2) is 20.6 Å². The molecule has 0 spiro atoms. The van der Waals surface area contributed by atoms with Gasteiger partial charge in [-0.15, -0.1) is 0 Å². The van der Waals surface area contributed by atoms with E-state index >= 15 is 0 Å². The Kier molecular flexibility index (Phi) is 4.88. The summed E-state index contributed by atoms with van der Waals surface area (Å²) in [6.07, 6.45) is 0. The van der Waals surface area contributed by atoms with Crippen LogP contribution in [0.25, 0.3) is 0 Å². The molecule has 2 rings (SSSR count). The first-order valence-electron chi connectivity index (χ1n) is 6.22. The maximum absolute atomic E-state index is 12.5. The van der Waals surface area contributed by atoms with E-state index in [0.717, 1.165) is 0 Å². The van der Waals surface area contributed by atoms with Gasteiger partial charge in [-0.2, -0.15) is 0 Å². The molecule has 2 aromatic carbocycles. The van der Waals surface area contributed by atoms with Gasteiger partial charge in [0.1, 0.15) is 5.75 Å². The molecule has 6 heteroatoms. The normalized spacial score (nSPS) is 11.4. The second kappa shape index (κ2) is 6.47. The predicted octanol–water partition coefficient (Wildman–Crippen LogP) is 2.81. The third-order valence-corrected chi connectivity index (χ3v) is 5.20. The number of benzene rings is 2. The van der Waals surface area contributed by atoms with Gasteiger partial charge in [0.2, 0.25) is 0 Å². The lowest BCUT2D eigenvalue weighted by Gasteiger charge is -2.11. The molecular formula is C15H15ClO4S. The number of hydrogen-bond acceptors (Lipinski definition) is 4. The fourth-order valence-electron chi connectivity index (χ4n) is 2.02. The van der Waals surface area contributed by atoms with Crippen LogP contribution in [0.5, 0.6) is 5.75 Å². The highest BCUT2D eigenvalue weighted by Gasteiger charge is 2.20. The molecule has 0 aliphatic carbocycles. The van der Waals surface area contributed by atoms with Crippen molar-refractivity contribution in [3.63, 3.8) is 0 Å². The Bertz CT molecular complexity index is 741. The van der Waals surface area contributed by atoms with Gasteiger partial charge in [-0.25, -0.2) is 8.42 Å². The molecule has 21 heavy (non-hydrogen) atoms. The van der Waals surface area contributed by atoms with E-state index in [1.165, 1.54) is 19.2 Å². The van der Waals surface area contributed by atoms with Crippen molar-refractivity contribution in [2.24, 2.45) is 0 Å². The molecule has 0 atom stereocenters. The first kappa shape index (κ1) is 15.8. The van der Waals surface area contributed by atoms with Crippen LogP contribution in [0.1, 0.15) is 11.1 Å². The van der Waals surface area contributed by atoms with Gasteiger partial charge < -0.3 is 9.84 Å². The summed E-state index contributed by atoms with van der Waals surface area (Å²) in [5.74, 6) is 0.219. The zero-order valence-electron chi connectivity index (χ0n) is 11.4. The monoisotopic (exact) mass is 326 g/mol. The van der Waals surface area contributed by atoms with Gasteiger partial charge in [-0.05, 0) is 29.8 Å². The summed E-state index contributed by atoms with van der Waals surface area (Å²) >= 11 is 5.96. The first-order valence-corrected chi connectivity index (χ1v) is 8.25. The Balaban J connectivity index is 2.43. The molecule has 0 aromatic heterocycles. The summed E-state index contributed by atoms with van der Waals surface area (Å²) in [5, 5.41) is 9.36. The Labute approximate surface area is 128 Å². The number of sulfone groups is 1. The van der Waals surface area contributed by atoms with Crippen LogP contribution >= 0.6 is 11.6 Å². The number of methoxy groups -OCH3 is 1. The van der Waals surface area contributed by atoms with Crippen molar-refractivity contribution in [3.05, 3.63) is 58.6 Å². The molecule has 0 fully saturated rings. The fraction of sp³-hybridized carbons (Fsp3) is 0.200. The molecule has 1 N–H and O–H groups in total. The summed E-state index contributed by atoms with van der Waals surface area (Å²) in [4.78, 5) is 0.0862. The molecule has 0 heterocycles. The average molecular weight is 327 g/mol. The lowest BCUT2D eigenvalue weighted by Crippen LogP contribution is -2.07. The maximum atomic E-state index is 12.5. The van der Waals surface area contributed by atoms with Gasteiger partial charge in [0.15, 0.2) is 9.84 Å². The Morgan fingerprint density at radius 2 is 1.90 bits per heavy atom. The van der Waals surface area contributed by atoms with E-state index in [2.05, 4.69) is 0 Å². The lowest BCUT2D eigenvalue weighted by molar-refractivity contribution is 0.281. The van der Waals surface area contributed by atoms with Gasteiger partial charge in [0.05, 0.1) is 29.4 Å². The minimum absolute atomic E-state index is 0.0862. The number of aliphatic hydroxyl groups is 1. The van der Waals surface area contributed by atoms with Crippen LogP contribution in [0, 0.1) is 0 Å². The van der Waals surface area contributed by atoms with Crippen LogP contribution in [0.15, 0.2) is 47.4 Å². The van der Waals surface area contributed by atoms with Crippen molar-refractivity contribution in [2.75, 3.05) is 7.11 Å². The third kappa shape index (κ3) is 3.56. The van der Waals surface area contributed by atoms with Gasteiger partial charge in [-0.1, -0.05) is 29.8 Å². The van der Waals surface area contributed by atoms with Crippen LogP contribution in [0.3, 0.4) is 0 Å². The quantitative estimate of drug-likeness (QED) is 0.917.